The molecule has 0 bridgehead atoms. The highest BCUT2D eigenvalue weighted by molar-refractivity contribution is 5.82. The zero-order valence-corrected chi connectivity index (χ0v) is 18.3. The molecule has 1 aliphatic rings. The van der Waals surface area contributed by atoms with Gasteiger partial charge in [-0.25, -0.2) is 9.97 Å². The minimum absolute atomic E-state index is 0.215. The highest BCUT2D eigenvalue weighted by atomic mass is 16.5. The summed E-state index contributed by atoms with van der Waals surface area (Å²) in [4.78, 5) is 13.4. The van der Waals surface area contributed by atoms with Gasteiger partial charge in [0.2, 0.25) is 0 Å². The van der Waals surface area contributed by atoms with Gasteiger partial charge in [-0.1, -0.05) is 12.1 Å². The molecule has 164 valence electrons. The van der Waals surface area contributed by atoms with Crippen molar-refractivity contribution in [3.8, 4) is 23.4 Å². The lowest BCUT2D eigenvalue weighted by atomic mass is 10.1. The largest absolute Gasteiger partial charge is 0.493 e. The predicted molar refractivity (Wildman–Crippen MR) is 126 cm³/mol. The van der Waals surface area contributed by atoms with E-state index < -0.39 is 0 Å². The SMILES string of the molecule is COc1cccc(C=Cc2nc3cnccc3n2-c2ccc(C#N)cn2)c1OC1CCCC1. The molecule has 7 heteroatoms. The molecule has 0 N–H and O–H groups in total. The van der Waals surface area contributed by atoms with Crippen molar-refractivity contribution < 1.29 is 9.47 Å². The van der Waals surface area contributed by atoms with Gasteiger partial charge in [-0.3, -0.25) is 9.55 Å². The van der Waals surface area contributed by atoms with Gasteiger partial charge in [0.25, 0.3) is 0 Å². The first-order chi connectivity index (χ1) is 16.3. The second-order valence-corrected chi connectivity index (χ2v) is 7.92. The average Bonchev–Trinajstić information content (AvgIpc) is 3.51. The van der Waals surface area contributed by atoms with Crippen LogP contribution in [0.1, 0.15) is 42.6 Å². The number of para-hydroxylation sites is 1. The van der Waals surface area contributed by atoms with Crippen molar-refractivity contribution >= 4 is 23.2 Å². The van der Waals surface area contributed by atoms with E-state index in [1.807, 2.05) is 47.1 Å². The smallest absolute Gasteiger partial charge is 0.168 e. The monoisotopic (exact) mass is 437 g/mol. The third kappa shape index (κ3) is 4.15. The van der Waals surface area contributed by atoms with Gasteiger partial charge in [-0.15, -0.1) is 0 Å². The molecular formula is C26H23N5O2. The van der Waals surface area contributed by atoms with Crippen molar-refractivity contribution in [2.45, 2.75) is 31.8 Å². The number of pyridine rings is 2. The first-order valence-electron chi connectivity index (χ1n) is 11.0. The summed E-state index contributed by atoms with van der Waals surface area (Å²) in [6, 6.07) is 13.5. The maximum Gasteiger partial charge on any atom is 0.168 e. The van der Waals surface area contributed by atoms with Crippen molar-refractivity contribution in [2.24, 2.45) is 0 Å². The number of rotatable bonds is 6. The molecule has 4 aromatic rings. The van der Waals surface area contributed by atoms with Crippen LogP contribution in [0.2, 0.25) is 0 Å². The highest BCUT2D eigenvalue weighted by Crippen LogP contribution is 2.36. The van der Waals surface area contributed by atoms with Crippen molar-refractivity contribution in [1.82, 2.24) is 19.5 Å². The third-order valence-electron chi connectivity index (χ3n) is 5.82. The number of nitriles is 1. The van der Waals surface area contributed by atoms with Crippen molar-refractivity contribution in [3.63, 3.8) is 0 Å². The van der Waals surface area contributed by atoms with E-state index in [2.05, 4.69) is 16.0 Å². The number of ether oxygens (including phenoxy) is 2. The Morgan fingerprint density at radius 2 is 1.97 bits per heavy atom. The van der Waals surface area contributed by atoms with E-state index in [1.165, 1.54) is 12.8 Å². The van der Waals surface area contributed by atoms with Crippen LogP contribution in [0.25, 0.3) is 29.0 Å². The number of imidazole rings is 1. The molecule has 0 amide bonds. The Morgan fingerprint density at radius 3 is 2.73 bits per heavy atom. The molecule has 0 spiro atoms. The zero-order chi connectivity index (χ0) is 22.6. The van der Waals surface area contributed by atoms with Gasteiger partial charge in [0, 0.05) is 18.0 Å². The fraction of sp³-hybridized carbons (Fsp3) is 0.231. The number of fused-ring (bicyclic) bond motifs is 1. The molecule has 0 radical (unpaired) electrons. The zero-order valence-electron chi connectivity index (χ0n) is 18.3. The number of nitrogens with zero attached hydrogens (tertiary/aromatic N) is 5. The van der Waals surface area contributed by atoms with Gasteiger partial charge >= 0.3 is 0 Å². The molecule has 5 rings (SSSR count). The topological polar surface area (TPSA) is 85.9 Å². The Labute approximate surface area is 192 Å². The van der Waals surface area contributed by atoms with Crippen molar-refractivity contribution in [1.29, 1.82) is 5.26 Å². The number of hydrogen-bond donors (Lipinski definition) is 0. The standard InChI is InChI=1S/C26H23N5O2/c1-32-23-8-4-5-19(26(23)33-20-6-2-3-7-20)10-12-25-30-21-17-28-14-13-22(21)31(25)24-11-9-18(15-27)16-29-24/h4-5,8-14,16-17,20H,2-3,6-7H2,1H3. The summed E-state index contributed by atoms with van der Waals surface area (Å²) in [5.74, 6) is 2.85. The van der Waals surface area contributed by atoms with Crippen LogP contribution in [0.4, 0.5) is 0 Å². The van der Waals surface area contributed by atoms with Gasteiger partial charge in [0.05, 0.1) is 30.5 Å². The Bertz CT molecular complexity index is 1350. The molecule has 7 nitrogen and oxygen atoms in total. The van der Waals surface area contributed by atoms with E-state index in [0.29, 0.717) is 17.2 Å². The molecule has 0 unspecified atom stereocenters. The minimum Gasteiger partial charge on any atom is -0.493 e. The van der Waals surface area contributed by atoms with Crippen LogP contribution in [0.3, 0.4) is 0 Å². The number of benzene rings is 1. The molecule has 3 aromatic heterocycles. The number of hydrogen-bond acceptors (Lipinski definition) is 6. The molecule has 1 saturated carbocycles. The first kappa shape index (κ1) is 20.7. The lowest BCUT2D eigenvalue weighted by Gasteiger charge is -2.18. The second-order valence-electron chi connectivity index (χ2n) is 7.92. The van der Waals surface area contributed by atoms with Gasteiger partial charge < -0.3 is 9.47 Å². The fourth-order valence-electron chi connectivity index (χ4n) is 4.18. The van der Waals surface area contributed by atoms with Crippen LogP contribution < -0.4 is 9.47 Å². The molecule has 0 atom stereocenters. The Hall–Kier alpha value is -4.18. The predicted octanol–water partition coefficient (Wildman–Crippen LogP) is 5.19. The molecule has 1 aliphatic carbocycles. The van der Waals surface area contributed by atoms with Crippen LogP contribution in [0.15, 0.2) is 55.0 Å². The van der Waals surface area contributed by atoms with Crippen LogP contribution >= 0.6 is 0 Å². The van der Waals surface area contributed by atoms with E-state index in [4.69, 9.17) is 19.7 Å². The lowest BCUT2D eigenvalue weighted by molar-refractivity contribution is 0.200. The highest BCUT2D eigenvalue weighted by Gasteiger charge is 2.20. The van der Waals surface area contributed by atoms with Crippen molar-refractivity contribution in [3.05, 3.63) is 71.9 Å². The summed E-state index contributed by atoms with van der Waals surface area (Å²) >= 11 is 0. The van der Waals surface area contributed by atoms with E-state index in [9.17, 15) is 0 Å². The van der Waals surface area contributed by atoms with Crippen LogP contribution in [-0.2, 0) is 0 Å². The normalized spacial score (nSPS) is 14.1. The Morgan fingerprint density at radius 1 is 1.09 bits per heavy atom. The molecule has 3 heterocycles. The van der Waals surface area contributed by atoms with Crippen molar-refractivity contribution in [2.75, 3.05) is 7.11 Å². The Balaban J connectivity index is 1.57. The molecule has 1 aromatic carbocycles. The van der Waals surface area contributed by atoms with Gasteiger partial charge in [-0.2, -0.15) is 5.26 Å². The summed E-state index contributed by atoms with van der Waals surface area (Å²) in [5, 5.41) is 9.12. The van der Waals surface area contributed by atoms with Crippen LogP contribution in [0.5, 0.6) is 11.5 Å². The third-order valence-corrected chi connectivity index (χ3v) is 5.82. The van der Waals surface area contributed by atoms with Gasteiger partial charge in [0.15, 0.2) is 11.5 Å². The summed E-state index contributed by atoms with van der Waals surface area (Å²) < 4.78 is 13.9. The Kier molecular flexibility index (Phi) is 5.73. The number of aromatic nitrogens is 4. The van der Waals surface area contributed by atoms with Crippen LogP contribution in [0, 0.1) is 11.3 Å². The first-order valence-corrected chi connectivity index (χ1v) is 11.0. The summed E-state index contributed by atoms with van der Waals surface area (Å²) in [6.45, 7) is 0. The maximum atomic E-state index is 9.12. The summed E-state index contributed by atoms with van der Waals surface area (Å²) in [5.41, 5.74) is 3.07. The molecule has 33 heavy (non-hydrogen) atoms. The number of methoxy groups -OCH3 is 1. The quantitative estimate of drug-likeness (QED) is 0.413. The molecule has 0 saturated heterocycles. The van der Waals surface area contributed by atoms with Crippen LogP contribution in [-0.4, -0.2) is 32.7 Å². The van der Waals surface area contributed by atoms with E-state index in [1.54, 1.807) is 31.8 Å². The minimum atomic E-state index is 0.215. The lowest BCUT2D eigenvalue weighted by Crippen LogP contribution is -2.12. The van der Waals surface area contributed by atoms with E-state index in [0.717, 1.165) is 40.9 Å². The second kappa shape index (κ2) is 9.13. The molecular weight excluding hydrogens is 414 g/mol. The van der Waals surface area contributed by atoms with Gasteiger partial charge in [0.1, 0.15) is 23.2 Å². The molecule has 0 aliphatic heterocycles. The fourth-order valence-corrected chi connectivity index (χ4v) is 4.18. The average molecular weight is 438 g/mol. The van der Waals surface area contributed by atoms with Gasteiger partial charge in [-0.05, 0) is 62.1 Å². The maximum absolute atomic E-state index is 9.12. The summed E-state index contributed by atoms with van der Waals surface area (Å²) in [7, 11) is 1.66. The summed E-state index contributed by atoms with van der Waals surface area (Å²) in [6.07, 6.45) is 13.7. The van der Waals surface area contributed by atoms with E-state index in [-0.39, 0.29) is 6.10 Å². The molecule has 1 fully saturated rings. The van der Waals surface area contributed by atoms with E-state index >= 15 is 0 Å².